The molecule has 1 aliphatic carbocycles. The first kappa shape index (κ1) is 19.8. The van der Waals surface area contributed by atoms with Gasteiger partial charge in [0, 0.05) is 31.1 Å². The molecule has 0 unspecified atom stereocenters. The molecule has 2 fully saturated rings. The Hall–Kier alpha value is -1.91. The summed E-state index contributed by atoms with van der Waals surface area (Å²) in [6, 6.07) is 6.09. The number of carbonyl (C=O) groups is 2. The van der Waals surface area contributed by atoms with Crippen molar-refractivity contribution in [3.8, 4) is 0 Å². The van der Waals surface area contributed by atoms with Crippen molar-refractivity contribution in [1.82, 2.24) is 10.2 Å². The van der Waals surface area contributed by atoms with E-state index >= 15 is 0 Å². The third-order valence-corrected chi connectivity index (χ3v) is 6.21. The number of hydrogen-bond donors (Lipinski definition) is 1. The quantitative estimate of drug-likeness (QED) is 0.842. The van der Waals surface area contributed by atoms with Gasteiger partial charge in [0.1, 0.15) is 5.82 Å². The summed E-state index contributed by atoms with van der Waals surface area (Å²) in [6.07, 6.45) is 8.29. The van der Waals surface area contributed by atoms with E-state index in [9.17, 15) is 14.0 Å². The van der Waals surface area contributed by atoms with E-state index in [1.165, 1.54) is 31.4 Å². The maximum Gasteiger partial charge on any atom is 0.253 e. The van der Waals surface area contributed by atoms with Gasteiger partial charge in [-0.05, 0) is 55.4 Å². The molecule has 1 aromatic carbocycles. The zero-order chi connectivity index (χ0) is 19.2. The van der Waals surface area contributed by atoms with Crippen LogP contribution >= 0.6 is 0 Å². The monoisotopic (exact) mass is 374 g/mol. The van der Waals surface area contributed by atoms with E-state index in [-0.39, 0.29) is 17.6 Å². The predicted octanol–water partition coefficient (Wildman–Crippen LogP) is 4.15. The van der Waals surface area contributed by atoms with Crippen LogP contribution in [0.1, 0.15) is 68.6 Å². The lowest BCUT2D eigenvalue weighted by Gasteiger charge is -2.38. The first-order chi connectivity index (χ1) is 13.1. The van der Waals surface area contributed by atoms with E-state index in [2.05, 4.69) is 12.2 Å². The molecule has 1 aromatic rings. The SMILES string of the molecule is CC[C@H]1CN(C(=O)c2ccc(F)cc2)CC[C@H]1CC(=O)NC1CCCCC1. The highest BCUT2D eigenvalue weighted by Gasteiger charge is 2.32. The third kappa shape index (κ3) is 5.30. The second kappa shape index (κ2) is 9.34. The third-order valence-electron chi connectivity index (χ3n) is 6.21. The first-order valence-corrected chi connectivity index (χ1v) is 10.4. The summed E-state index contributed by atoms with van der Waals surface area (Å²) in [5.74, 6) is 0.457. The summed E-state index contributed by atoms with van der Waals surface area (Å²) in [6.45, 7) is 3.46. The number of rotatable bonds is 5. The van der Waals surface area contributed by atoms with Gasteiger partial charge in [0.2, 0.25) is 5.91 Å². The second-order valence-electron chi connectivity index (χ2n) is 8.08. The average molecular weight is 375 g/mol. The molecule has 3 rings (SSSR count). The molecule has 2 amide bonds. The van der Waals surface area contributed by atoms with Crippen molar-refractivity contribution in [2.45, 2.75) is 64.3 Å². The van der Waals surface area contributed by atoms with Crippen molar-refractivity contribution in [2.24, 2.45) is 11.8 Å². The Balaban J connectivity index is 1.53. The fraction of sp³-hybridized carbons (Fsp3) is 0.636. The molecule has 5 heteroatoms. The summed E-state index contributed by atoms with van der Waals surface area (Å²) < 4.78 is 13.1. The topological polar surface area (TPSA) is 49.4 Å². The molecule has 2 atom stereocenters. The van der Waals surface area contributed by atoms with Crippen LogP contribution in [0.3, 0.4) is 0 Å². The normalized spacial score (nSPS) is 23.9. The minimum Gasteiger partial charge on any atom is -0.353 e. The number of carbonyl (C=O) groups excluding carboxylic acids is 2. The molecular formula is C22H31FN2O2. The molecular weight excluding hydrogens is 343 g/mol. The Morgan fingerprint density at radius 1 is 1.07 bits per heavy atom. The van der Waals surface area contributed by atoms with E-state index in [0.29, 0.717) is 43.0 Å². The molecule has 4 nitrogen and oxygen atoms in total. The molecule has 1 aliphatic heterocycles. The van der Waals surface area contributed by atoms with Gasteiger partial charge in [-0.1, -0.05) is 32.6 Å². The van der Waals surface area contributed by atoms with Gasteiger partial charge in [-0.3, -0.25) is 9.59 Å². The Morgan fingerprint density at radius 3 is 2.44 bits per heavy atom. The minimum absolute atomic E-state index is 0.0430. The number of amides is 2. The van der Waals surface area contributed by atoms with Crippen molar-refractivity contribution >= 4 is 11.8 Å². The van der Waals surface area contributed by atoms with Crippen LogP contribution in [0, 0.1) is 17.7 Å². The van der Waals surface area contributed by atoms with Gasteiger partial charge in [0.15, 0.2) is 0 Å². The summed E-state index contributed by atoms with van der Waals surface area (Å²) in [4.78, 5) is 27.0. The number of benzene rings is 1. The predicted molar refractivity (Wildman–Crippen MR) is 104 cm³/mol. The maximum absolute atomic E-state index is 13.1. The summed E-state index contributed by atoms with van der Waals surface area (Å²) >= 11 is 0. The van der Waals surface area contributed by atoms with E-state index in [4.69, 9.17) is 0 Å². The van der Waals surface area contributed by atoms with E-state index in [1.807, 2.05) is 4.90 Å². The lowest BCUT2D eigenvalue weighted by Crippen LogP contribution is -2.45. The zero-order valence-electron chi connectivity index (χ0n) is 16.3. The smallest absolute Gasteiger partial charge is 0.253 e. The highest BCUT2D eigenvalue weighted by molar-refractivity contribution is 5.94. The second-order valence-corrected chi connectivity index (χ2v) is 8.08. The molecule has 0 radical (unpaired) electrons. The number of nitrogens with one attached hydrogen (secondary N) is 1. The molecule has 148 valence electrons. The Bertz CT molecular complexity index is 640. The number of likely N-dealkylation sites (tertiary alicyclic amines) is 1. The molecule has 1 N–H and O–H groups in total. The summed E-state index contributed by atoms with van der Waals surface area (Å²) in [7, 11) is 0. The van der Waals surface area contributed by atoms with Crippen LogP contribution in [-0.2, 0) is 4.79 Å². The highest BCUT2D eigenvalue weighted by Crippen LogP contribution is 2.30. The molecule has 27 heavy (non-hydrogen) atoms. The van der Waals surface area contributed by atoms with Gasteiger partial charge < -0.3 is 10.2 Å². The molecule has 0 bridgehead atoms. The molecule has 0 aromatic heterocycles. The number of piperidine rings is 1. The van der Waals surface area contributed by atoms with Crippen LogP contribution < -0.4 is 5.32 Å². The minimum atomic E-state index is -0.333. The first-order valence-electron chi connectivity index (χ1n) is 10.4. The molecule has 0 spiro atoms. The van der Waals surface area contributed by atoms with Crippen LogP contribution in [0.25, 0.3) is 0 Å². The average Bonchev–Trinajstić information content (AvgIpc) is 2.69. The summed E-state index contributed by atoms with van der Waals surface area (Å²) in [5.41, 5.74) is 0.528. The van der Waals surface area contributed by atoms with Gasteiger partial charge in [-0.15, -0.1) is 0 Å². The van der Waals surface area contributed by atoms with Gasteiger partial charge in [0.25, 0.3) is 5.91 Å². The lowest BCUT2D eigenvalue weighted by molar-refractivity contribution is -0.123. The van der Waals surface area contributed by atoms with Crippen LogP contribution in [0.5, 0.6) is 0 Å². The maximum atomic E-state index is 13.1. The largest absolute Gasteiger partial charge is 0.353 e. The van der Waals surface area contributed by atoms with Crippen molar-refractivity contribution in [2.75, 3.05) is 13.1 Å². The number of hydrogen-bond acceptors (Lipinski definition) is 2. The van der Waals surface area contributed by atoms with Crippen LogP contribution in [0.15, 0.2) is 24.3 Å². The molecule has 1 heterocycles. The Labute approximate surface area is 161 Å². The molecule has 2 aliphatic rings. The van der Waals surface area contributed by atoms with Crippen LogP contribution in [0.2, 0.25) is 0 Å². The van der Waals surface area contributed by atoms with Gasteiger partial charge >= 0.3 is 0 Å². The van der Waals surface area contributed by atoms with Crippen LogP contribution in [0.4, 0.5) is 4.39 Å². The van der Waals surface area contributed by atoms with E-state index < -0.39 is 0 Å². The Kier molecular flexibility index (Phi) is 6.86. The van der Waals surface area contributed by atoms with Crippen molar-refractivity contribution in [1.29, 1.82) is 0 Å². The molecule has 1 saturated carbocycles. The van der Waals surface area contributed by atoms with Gasteiger partial charge in [-0.25, -0.2) is 4.39 Å². The van der Waals surface area contributed by atoms with Gasteiger partial charge in [0.05, 0.1) is 0 Å². The fourth-order valence-electron chi connectivity index (χ4n) is 4.54. The Morgan fingerprint density at radius 2 is 1.78 bits per heavy atom. The zero-order valence-corrected chi connectivity index (χ0v) is 16.3. The molecule has 1 saturated heterocycles. The highest BCUT2D eigenvalue weighted by atomic mass is 19.1. The van der Waals surface area contributed by atoms with Crippen molar-refractivity contribution < 1.29 is 14.0 Å². The summed E-state index contributed by atoms with van der Waals surface area (Å²) in [5, 5.41) is 3.22. The lowest BCUT2D eigenvalue weighted by atomic mass is 9.81. The number of nitrogens with zero attached hydrogens (tertiary/aromatic N) is 1. The van der Waals surface area contributed by atoms with E-state index in [0.717, 1.165) is 25.7 Å². The fourth-order valence-corrected chi connectivity index (χ4v) is 4.54. The standard InChI is InChI=1S/C22H31FN2O2/c1-2-16-15-25(22(27)17-8-10-19(23)11-9-17)13-12-18(16)14-21(26)24-20-6-4-3-5-7-20/h8-11,16,18,20H,2-7,12-15H2,1H3,(H,24,26)/t16-,18-/m0/s1. The van der Waals surface area contributed by atoms with Crippen molar-refractivity contribution in [3.05, 3.63) is 35.6 Å². The van der Waals surface area contributed by atoms with Crippen LogP contribution in [-0.4, -0.2) is 35.8 Å². The van der Waals surface area contributed by atoms with Gasteiger partial charge in [-0.2, -0.15) is 0 Å². The number of halogens is 1. The van der Waals surface area contributed by atoms with Crippen molar-refractivity contribution in [3.63, 3.8) is 0 Å². The van der Waals surface area contributed by atoms with E-state index in [1.54, 1.807) is 12.1 Å².